The van der Waals surface area contributed by atoms with Crippen LogP contribution in [0.1, 0.15) is 35.2 Å². The maximum atomic E-state index is 13.0. The van der Waals surface area contributed by atoms with Gasteiger partial charge in [-0.1, -0.05) is 12.5 Å². The van der Waals surface area contributed by atoms with Gasteiger partial charge in [0.25, 0.3) is 5.91 Å². The molecule has 1 aromatic heterocycles. The zero-order valence-electron chi connectivity index (χ0n) is 15.6. The molecular weight excluding hydrogens is 376 g/mol. The number of benzene rings is 2. The molecule has 0 atom stereocenters. The number of amides is 1. The van der Waals surface area contributed by atoms with Gasteiger partial charge in [-0.25, -0.2) is 8.42 Å². The lowest BCUT2D eigenvalue weighted by Crippen LogP contribution is -2.36. The normalized spacial score (nSPS) is 15.6. The molecular formula is C20H22N4O3S. The Morgan fingerprint density at radius 3 is 2.68 bits per heavy atom. The lowest BCUT2D eigenvalue weighted by Gasteiger charge is -2.26. The van der Waals surface area contributed by atoms with Crippen molar-refractivity contribution < 1.29 is 13.2 Å². The second kappa shape index (κ2) is 7.37. The van der Waals surface area contributed by atoms with Crippen LogP contribution in [0.4, 0.5) is 5.69 Å². The van der Waals surface area contributed by atoms with E-state index in [1.807, 2.05) is 12.1 Å². The number of carbonyl (C=O) groups excluding carboxylic acids is 1. The molecule has 8 heteroatoms. The number of aromatic nitrogens is 2. The third-order valence-electron chi connectivity index (χ3n) is 5.08. The van der Waals surface area contributed by atoms with Crippen LogP contribution in [0, 0.1) is 6.92 Å². The van der Waals surface area contributed by atoms with E-state index < -0.39 is 10.0 Å². The van der Waals surface area contributed by atoms with Crippen LogP contribution in [0.3, 0.4) is 0 Å². The topological polar surface area (TPSA) is 95.2 Å². The molecule has 7 nitrogen and oxygen atoms in total. The monoisotopic (exact) mass is 398 g/mol. The number of H-pyrrole nitrogens is 1. The number of rotatable bonds is 4. The summed E-state index contributed by atoms with van der Waals surface area (Å²) < 4.78 is 27.6. The molecule has 1 aliphatic heterocycles. The summed E-state index contributed by atoms with van der Waals surface area (Å²) in [5, 5.41) is 10.5. The standard InChI is InChI=1S/C20H22N4O3S/c1-14-5-6-15(12-19(14)28(26,27)24-9-3-2-4-10-24)20(25)22-17-7-8-18-16(11-17)13-21-23-18/h5-8,11-13H,2-4,9-10H2,1H3,(H,21,23)(H,22,25). The van der Waals surface area contributed by atoms with E-state index in [0.717, 1.165) is 30.2 Å². The van der Waals surface area contributed by atoms with Crippen molar-refractivity contribution >= 4 is 32.5 Å². The van der Waals surface area contributed by atoms with Crippen molar-refractivity contribution in [1.82, 2.24) is 14.5 Å². The molecule has 2 heterocycles. The first-order valence-electron chi connectivity index (χ1n) is 9.30. The van der Waals surface area contributed by atoms with Crippen LogP contribution in [0.5, 0.6) is 0 Å². The third kappa shape index (κ3) is 3.53. The highest BCUT2D eigenvalue weighted by Crippen LogP contribution is 2.25. The van der Waals surface area contributed by atoms with E-state index in [9.17, 15) is 13.2 Å². The highest BCUT2D eigenvalue weighted by atomic mass is 32.2. The number of nitrogens with one attached hydrogen (secondary N) is 2. The number of aromatic amines is 1. The minimum Gasteiger partial charge on any atom is -0.322 e. The summed E-state index contributed by atoms with van der Waals surface area (Å²) in [6, 6.07) is 10.2. The Morgan fingerprint density at radius 2 is 1.89 bits per heavy atom. The van der Waals surface area contributed by atoms with Crippen molar-refractivity contribution in [3.63, 3.8) is 0 Å². The lowest BCUT2D eigenvalue weighted by atomic mass is 10.1. The van der Waals surface area contributed by atoms with E-state index in [1.54, 1.807) is 31.3 Å². The number of anilines is 1. The smallest absolute Gasteiger partial charge is 0.255 e. The maximum absolute atomic E-state index is 13.0. The van der Waals surface area contributed by atoms with E-state index in [0.29, 0.717) is 29.9 Å². The number of hydrogen-bond acceptors (Lipinski definition) is 4. The van der Waals surface area contributed by atoms with Gasteiger partial charge < -0.3 is 5.32 Å². The molecule has 1 amide bonds. The zero-order valence-corrected chi connectivity index (χ0v) is 16.4. The fraction of sp³-hybridized carbons (Fsp3) is 0.300. The predicted octanol–water partition coefficient (Wildman–Crippen LogP) is 3.30. The molecule has 4 rings (SSSR count). The number of aryl methyl sites for hydroxylation is 1. The molecule has 146 valence electrons. The molecule has 1 saturated heterocycles. The summed E-state index contributed by atoms with van der Waals surface area (Å²) in [5.41, 5.74) is 2.46. The summed E-state index contributed by atoms with van der Waals surface area (Å²) in [4.78, 5) is 12.9. The van der Waals surface area contributed by atoms with Gasteiger partial charge >= 0.3 is 0 Å². The number of sulfonamides is 1. The number of hydrogen-bond donors (Lipinski definition) is 2. The Bertz CT molecular complexity index is 1130. The average Bonchev–Trinajstić information content (AvgIpc) is 3.16. The summed E-state index contributed by atoms with van der Waals surface area (Å²) >= 11 is 0. The quantitative estimate of drug-likeness (QED) is 0.705. The van der Waals surface area contributed by atoms with Crippen LogP contribution < -0.4 is 5.32 Å². The number of carbonyl (C=O) groups is 1. The molecule has 28 heavy (non-hydrogen) atoms. The van der Waals surface area contributed by atoms with Gasteiger partial charge in [0.1, 0.15) is 0 Å². The average molecular weight is 398 g/mol. The van der Waals surface area contributed by atoms with Crippen LogP contribution >= 0.6 is 0 Å². The minimum atomic E-state index is -3.60. The van der Waals surface area contributed by atoms with Crippen molar-refractivity contribution in [3.05, 3.63) is 53.7 Å². The van der Waals surface area contributed by atoms with Gasteiger partial charge in [-0.3, -0.25) is 9.89 Å². The highest BCUT2D eigenvalue weighted by molar-refractivity contribution is 7.89. The second-order valence-corrected chi connectivity index (χ2v) is 8.98. The van der Waals surface area contributed by atoms with Crippen molar-refractivity contribution in [2.24, 2.45) is 0 Å². The Morgan fingerprint density at radius 1 is 1.11 bits per heavy atom. The fourth-order valence-corrected chi connectivity index (χ4v) is 5.26. The molecule has 0 bridgehead atoms. The van der Waals surface area contributed by atoms with Gasteiger partial charge in [0.15, 0.2) is 0 Å². The minimum absolute atomic E-state index is 0.201. The Labute approximate surface area is 163 Å². The van der Waals surface area contributed by atoms with Crippen LogP contribution in [-0.2, 0) is 10.0 Å². The van der Waals surface area contributed by atoms with E-state index in [4.69, 9.17) is 0 Å². The van der Waals surface area contributed by atoms with Crippen molar-refractivity contribution in [2.75, 3.05) is 18.4 Å². The van der Waals surface area contributed by atoms with Gasteiger partial charge in [0.2, 0.25) is 10.0 Å². The summed E-state index contributed by atoms with van der Waals surface area (Å²) in [6.07, 6.45) is 4.47. The van der Waals surface area contributed by atoms with E-state index in [1.165, 1.54) is 10.4 Å². The van der Waals surface area contributed by atoms with Crippen LogP contribution in [0.25, 0.3) is 10.9 Å². The summed E-state index contributed by atoms with van der Waals surface area (Å²) in [7, 11) is -3.60. The Kier molecular flexibility index (Phi) is 4.91. The first kappa shape index (κ1) is 18.6. The summed E-state index contributed by atoms with van der Waals surface area (Å²) in [6.45, 7) is 2.82. The highest BCUT2D eigenvalue weighted by Gasteiger charge is 2.28. The Hall–Kier alpha value is -2.71. The lowest BCUT2D eigenvalue weighted by molar-refractivity contribution is 0.102. The summed E-state index contributed by atoms with van der Waals surface area (Å²) in [5.74, 6) is -0.349. The molecule has 1 fully saturated rings. The zero-order chi connectivity index (χ0) is 19.7. The van der Waals surface area contributed by atoms with E-state index >= 15 is 0 Å². The molecule has 0 unspecified atom stereocenters. The molecule has 1 aliphatic rings. The number of fused-ring (bicyclic) bond motifs is 1. The van der Waals surface area contributed by atoms with Crippen molar-refractivity contribution in [1.29, 1.82) is 0 Å². The second-order valence-electron chi connectivity index (χ2n) is 7.07. The first-order valence-corrected chi connectivity index (χ1v) is 10.7. The number of nitrogens with zero attached hydrogens (tertiary/aromatic N) is 2. The van der Waals surface area contributed by atoms with Crippen LogP contribution in [0.15, 0.2) is 47.5 Å². The van der Waals surface area contributed by atoms with Gasteiger partial charge in [-0.2, -0.15) is 9.40 Å². The Balaban J connectivity index is 1.61. The molecule has 2 aromatic carbocycles. The van der Waals surface area contributed by atoms with Gasteiger partial charge in [0, 0.05) is 29.7 Å². The fourth-order valence-electron chi connectivity index (χ4n) is 3.49. The van der Waals surface area contributed by atoms with Crippen molar-refractivity contribution in [3.8, 4) is 0 Å². The van der Waals surface area contributed by atoms with Crippen LogP contribution in [0.2, 0.25) is 0 Å². The molecule has 0 spiro atoms. The van der Waals surface area contributed by atoms with Crippen LogP contribution in [-0.4, -0.2) is 41.9 Å². The predicted molar refractivity (Wildman–Crippen MR) is 108 cm³/mol. The number of piperidine rings is 1. The molecule has 2 N–H and O–H groups in total. The molecule has 3 aromatic rings. The largest absolute Gasteiger partial charge is 0.322 e. The molecule has 0 radical (unpaired) electrons. The maximum Gasteiger partial charge on any atom is 0.255 e. The van der Waals surface area contributed by atoms with E-state index in [2.05, 4.69) is 15.5 Å². The first-order chi connectivity index (χ1) is 13.4. The van der Waals surface area contributed by atoms with Gasteiger partial charge in [-0.05, 0) is 55.7 Å². The molecule has 0 aliphatic carbocycles. The van der Waals surface area contributed by atoms with Gasteiger partial charge in [-0.15, -0.1) is 0 Å². The van der Waals surface area contributed by atoms with Gasteiger partial charge in [0.05, 0.1) is 16.6 Å². The van der Waals surface area contributed by atoms with Crippen molar-refractivity contribution in [2.45, 2.75) is 31.1 Å². The van der Waals surface area contributed by atoms with E-state index in [-0.39, 0.29) is 10.8 Å². The molecule has 0 saturated carbocycles. The third-order valence-corrected chi connectivity index (χ3v) is 7.12. The SMILES string of the molecule is Cc1ccc(C(=O)Nc2ccc3[nH]ncc3c2)cc1S(=O)(=O)N1CCCCC1.